The number of hydrogen-bond donors (Lipinski definition) is 3. The zero-order valence-corrected chi connectivity index (χ0v) is 18.8. The van der Waals surface area contributed by atoms with Crippen LogP contribution in [0, 0.1) is 5.41 Å². The lowest BCUT2D eigenvalue weighted by molar-refractivity contribution is 0.0934. The minimum atomic E-state index is -0.704. The van der Waals surface area contributed by atoms with Gasteiger partial charge in [-0.15, -0.1) is 0 Å². The SMILES string of the molecule is CC(C)(C)COC(N)=O.O=C(NC1Cc2ccccc2C1)c1cc2cc(Cl)ccc2[nH]1. The van der Waals surface area contributed by atoms with Crippen LogP contribution in [0.2, 0.25) is 5.02 Å². The summed E-state index contributed by atoms with van der Waals surface area (Å²) >= 11 is 5.98. The van der Waals surface area contributed by atoms with Crippen molar-refractivity contribution < 1.29 is 14.3 Å². The van der Waals surface area contributed by atoms with Crippen LogP contribution in [0.25, 0.3) is 10.9 Å². The van der Waals surface area contributed by atoms with Gasteiger partial charge in [0.2, 0.25) is 0 Å². The Morgan fingerprint density at radius 3 is 2.32 bits per heavy atom. The minimum absolute atomic E-state index is 0.00896. The summed E-state index contributed by atoms with van der Waals surface area (Å²) < 4.78 is 4.55. The third kappa shape index (κ3) is 6.49. The Morgan fingerprint density at radius 2 is 1.77 bits per heavy atom. The van der Waals surface area contributed by atoms with E-state index in [9.17, 15) is 9.59 Å². The van der Waals surface area contributed by atoms with E-state index in [2.05, 4.69) is 27.2 Å². The molecule has 0 aliphatic heterocycles. The second-order valence-electron chi connectivity index (χ2n) is 8.93. The molecule has 0 atom stereocenters. The summed E-state index contributed by atoms with van der Waals surface area (Å²) in [7, 11) is 0. The van der Waals surface area contributed by atoms with E-state index in [-0.39, 0.29) is 17.4 Å². The number of fused-ring (bicyclic) bond motifs is 2. The van der Waals surface area contributed by atoms with Crippen LogP contribution in [0.15, 0.2) is 48.5 Å². The Morgan fingerprint density at radius 1 is 1.13 bits per heavy atom. The first-order valence-electron chi connectivity index (χ1n) is 10.2. The van der Waals surface area contributed by atoms with Crippen molar-refractivity contribution in [1.29, 1.82) is 0 Å². The molecule has 0 radical (unpaired) electrons. The molecular formula is C24H28ClN3O3. The molecule has 0 bridgehead atoms. The lowest BCUT2D eigenvalue weighted by Gasteiger charge is -2.16. The number of benzene rings is 2. The molecular weight excluding hydrogens is 414 g/mol. The zero-order valence-electron chi connectivity index (χ0n) is 18.0. The molecule has 1 aromatic heterocycles. The number of halogens is 1. The second kappa shape index (κ2) is 9.43. The normalized spacial score (nSPS) is 13.3. The number of nitrogens with two attached hydrogens (primary N) is 1. The van der Waals surface area contributed by atoms with Crippen molar-refractivity contribution in [3.05, 3.63) is 70.4 Å². The van der Waals surface area contributed by atoms with Crippen molar-refractivity contribution in [1.82, 2.24) is 10.3 Å². The number of nitrogens with one attached hydrogen (secondary N) is 2. The lowest BCUT2D eigenvalue weighted by atomic mass is 9.99. The van der Waals surface area contributed by atoms with Crippen molar-refractivity contribution in [2.75, 3.05) is 6.61 Å². The third-order valence-corrected chi connectivity index (χ3v) is 5.10. The van der Waals surface area contributed by atoms with Crippen LogP contribution in [0.3, 0.4) is 0 Å². The fourth-order valence-electron chi connectivity index (χ4n) is 3.44. The predicted octanol–water partition coefficient (Wildman–Crippen LogP) is 4.85. The molecule has 4 N–H and O–H groups in total. The van der Waals surface area contributed by atoms with Crippen molar-refractivity contribution in [2.45, 2.75) is 39.7 Å². The maximum absolute atomic E-state index is 12.4. The molecule has 31 heavy (non-hydrogen) atoms. The van der Waals surface area contributed by atoms with Crippen LogP contribution in [-0.4, -0.2) is 29.6 Å². The molecule has 0 fully saturated rings. The first kappa shape index (κ1) is 22.7. The van der Waals surface area contributed by atoms with Gasteiger partial charge in [0.1, 0.15) is 5.69 Å². The fraction of sp³-hybridized carbons (Fsp3) is 0.333. The van der Waals surface area contributed by atoms with Crippen LogP contribution >= 0.6 is 11.6 Å². The smallest absolute Gasteiger partial charge is 0.404 e. The van der Waals surface area contributed by atoms with Gasteiger partial charge in [0.15, 0.2) is 0 Å². The summed E-state index contributed by atoms with van der Waals surface area (Å²) in [5.41, 5.74) is 8.90. The molecule has 4 rings (SSSR count). The fourth-order valence-corrected chi connectivity index (χ4v) is 3.62. The van der Waals surface area contributed by atoms with Crippen molar-refractivity contribution >= 4 is 34.5 Å². The minimum Gasteiger partial charge on any atom is -0.449 e. The number of rotatable bonds is 3. The summed E-state index contributed by atoms with van der Waals surface area (Å²) in [6.45, 7) is 6.28. The second-order valence-corrected chi connectivity index (χ2v) is 9.37. The third-order valence-electron chi connectivity index (χ3n) is 4.86. The molecule has 7 heteroatoms. The van der Waals surface area contributed by atoms with Crippen molar-refractivity contribution in [3.8, 4) is 0 Å². The Bertz CT molecular complexity index is 1060. The molecule has 164 valence electrons. The molecule has 2 aromatic carbocycles. The van der Waals surface area contributed by atoms with Crippen LogP contribution in [0.5, 0.6) is 0 Å². The monoisotopic (exact) mass is 441 g/mol. The molecule has 1 heterocycles. The molecule has 0 saturated carbocycles. The van der Waals surface area contributed by atoms with E-state index in [0.717, 1.165) is 23.7 Å². The van der Waals surface area contributed by atoms with Crippen molar-refractivity contribution in [2.24, 2.45) is 11.1 Å². The van der Waals surface area contributed by atoms with Crippen LogP contribution in [0.4, 0.5) is 4.79 Å². The van der Waals surface area contributed by atoms with Gasteiger partial charge in [-0.05, 0) is 53.6 Å². The zero-order chi connectivity index (χ0) is 22.6. The van der Waals surface area contributed by atoms with E-state index in [0.29, 0.717) is 17.3 Å². The number of ether oxygens (including phenoxy) is 1. The van der Waals surface area contributed by atoms with E-state index in [1.807, 2.05) is 57.2 Å². The largest absolute Gasteiger partial charge is 0.449 e. The summed E-state index contributed by atoms with van der Waals surface area (Å²) in [5, 5.41) is 4.74. The number of aromatic amines is 1. The van der Waals surface area contributed by atoms with E-state index in [4.69, 9.17) is 17.3 Å². The number of hydrogen-bond acceptors (Lipinski definition) is 3. The van der Waals surface area contributed by atoms with Crippen LogP contribution < -0.4 is 11.1 Å². The standard InChI is InChI=1S/C18H15ClN2O.C6H13NO2/c19-14-5-6-16-13(7-14)10-17(21-16)18(22)20-15-8-11-3-1-2-4-12(11)9-15;1-6(2,3)4-9-5(7)8/h1-7,10,15,21H,8-9H2,(H,20,22);4H2,1-3H3,(H2,7,8). The summed E-state index contributed by atoms with van der Waals surface area (Å²) in [6, 6.07) is 15.9. The highest BCUT2D eigenvalue weighted by atomic mass is 35.5. The summed E-state index contributed by atoms with van der Waals surface area (Å²) in [6.07, 6.45) is 1.09. The molecule has 1 aliphatic carbocycles. The first-order valence-corrected chi connectivity index (χ1v) is 10.6. The number of amides is 2. The molecule has 0 unspecified atom stereocenters. The van der Waals surface area contributed by atoms with Gasteiger partial charge in [-0.3, -0.25) is 4.79 Å². The van der Waals surface area contributed by atoms with Gasteiger partial charge in [0.05, 0.1) is 6.61 Å². The van der Waals surface area contributed by atoms with E-state index < -0.39 is 6.09 Å². The molecule has 0 spiro atoms. The number of H-pyrrole nitrogens is 1. The van der Waals surface area contributed by atoms with E-state index in [1.165, 1.54) is 11.1 Å². The van der Waals surface area contributed by atoms with Gasteiger partial charge in [-0.25, -0.2) is 4.79 Å². The van der Waals surface area contributed by atoms with Gasteiger partial charge in [0, 0.05) is 22.0 Å². The Kier molecular flexibility index (Phi) is 6.91. The number of primary amides is 1. The Labute approximate surface area is 187 Å². The average Bonchev–Trinajstić information content (AvgIpc) is 3.29. The van der Waals surface area contributed by atoms with Crippen molar-refractivity contribution in [3.63, 3.8) is 0 Å². The molecule has 2 amide bonds. The number of aromatic nitrogens is 1. The number of carbonyl (C=O) groups excluding carboxylic acids is 2. The van der Waals surface area contributed by atoms with Gasteiger partial charge < -0.3 is 20.8 Å². The molecule has 0 saturated heterocycles. The van der Waals surface area contributed by atoms with Gasteiger partial charge in [0.25, 0.3) is 5.91 Å². The van der Waals surface area contributed by atoms with Crippen LogP contribution in [-0.2, 0) is 17.6 Å². The average molecular weight is 442 g/mol. The Balaban J connectivity index is 0.000000259. The highest BCUT2D eigenvalue weighted by Crippen LogP contribution is 2.23. The molecule has 1 aliphatic rings. The Hall–Kier alpha value is -2.99. The van der Waals surface area contributed by atoms with Gasteiger partial charge in [-0.1, -0.05) is 56.6 Å². The maximum Gasteiger partial charge on any atom is 0.404 e. The lowest BCUT2D eigenvalue weighted by Crippen LogP contribution is -2.35. The molecule has 3 aromatic rings. The highest BCUT2D eigenvalue weighted by Gasteiger charge is 2.23. The molecule has 6 nitrogen and oxygen atoms in total. The predicted molar refractivity (Wildman–Crippen MR) is 123 cm³/mol. The van der Waals surface area contributed by atoms with Crippen LogP contribution in [0.1, 0.15) is 42.4 Å². The maximum atomic E-state index is 12.4. The highest BCUT2D eigenvalue weighted by molar-refractivity contribution is 6.31. The van der Waals surface area contributed by atoms with E-state index in [1.54, 1.807) is 0 Å². The van der Waals surface area contributed by atoms with Gasteiger partial charge >= 0.3 is 6.09 Å². The number of carbonyl (C=O) groups is 2. The first-order chi connectivity index (χ1) is 14.6. The summed E-state index contributed by atoms with van der Waals surface area (Å²) in [5.74, 6) is -0.0647. The van der Waals surface area contributed by atoms with E-state index >= 15 is 0 Å². The van der Waals surface area contributed by atoms with Gasteiger partial charge in [-0.2, -0.15) is 0 Å². The topological polar surface area (TPSA) is 97.2 Å². The quantitative estimate of drug-likeness (QED) is 0.542. The summed E-state index contributed by atoms with van der Waals surface area (Å²) in [4.78, 5) is 25.6.